The highest BCUT2D eigenvalue weighted by atomic mass is 16.1. The van der Waals surface area contributed by atoms with Gasteiger partial charge in [0.25, 0.3) is 0 Å². The second-order valence-corrected chi connectivity index (χ2v) is 7.12. The number of nitrogens with zero attached hydrogens (tertiary/aromatic N) is 2. The number of amides is 1. The average Bonchev–Trinajstić information content (AvgIpc) is 3.01. The van der Waals surface area contributed by atoms with Gasteiger partial charge in [0.15, 0.2) is 0 Å². The van der Waals surface area contributed by atoms with Gasteiger partial charge in [-0.05, 0) is 54.8 Å². The summed E-state index contributed by atoms with van der Waals surface area (Å²) in [5, 5.41) is 3.00. The lowest BCUT2D eigenvalue weighted by molar-refractivity contribution is -0.116. The number of aryl methyl sites for hydroxylation is 2. The van der Waals surface area contributed by atoms with Gasteiger partial charge in [0, 0.05) is 12.1 Å². The summed E-state index contributed by atoms with van der Waals surface area (Å²) < 4.78 is 2.02. The zero-order valence-corrected chi connectivity index (χ0v) is 16.1. The minimum absolute atomic E-state index is 0.0558. The third-order valence-electron chi connectivity index (χ3n) is 4.95. The SMILES string of the molecule is Cc1cccc(NC(=O)Cn2c(Cc3ccccc3C)nc3ccccc32)c1. The molecule has 28 heavy (non-hydrogen) atoms. The number of anilines is 1. The van der Waals surface area contributed by atoms with Crippen LogP contribution in [0.25, 0.3) is 11.0 Å². The number of imidazole rings is 1. The fourth-order valence-electron chi connectivity index (χ4n) is 3.48. The third-order valence-corrected chi connectivity index (χ3v) is 4.95. The Morgan fingerprint density at radius 1 is 0.964 bits per heavy atom. The number of aromatic nitrogens is 2. The molecule has 0 bridgehead atoms. The van der Waals surface area contributed by atoms with Crippen LogP contribution in [0.2, 0.25) is 0 Å². The van der Waals surface area contributed by atoms with Crippen LogP contribution in [-0.2, 0) is 17.8 Å². The molecule has 140 valence electrons. The van der Waals surface area contributed by atoms with E-state index >= 15 is 0 Å². The molecule has 0 fully saturated rings. The highest BCUT2D eigenvalue weighted by molar-refractivity contribution is 5.91. The molecule has 3 aromatic carbocycles. The van der Waals surface area contributed by atoms with Crippen molar-refractivity contribution in [2.75, 3.05) is 5.32 Å². The van der Waals surface area contributed by atoms with Crippen LogP contribution in [0.5, 0.6) is 0 Å². The Morgan fingerprint density at radius 3 is 2.57 bits per heavy atom. The first-order valence-corrected chi connectivity index (χ1v) is 9.45. The lowest BCUT2D eigenvalue weighted by Gasteiger charge is -2.11. The van der Waals surface area contributed by atoms with Gasteiger partial charge in [-0.1, -0.05) is 48.5 Å². The van der Waals surface area contributed by atoms with E-state index in [0.29, 0.717) is 6.42 Å². The number of hydrogen-bond donors (Lipinski definition) is 1. The Morgan fingerprint density at radius 2 is 1.75 bits per heavy atom. The van der Waals surface area contributed by atoms with Crippen LogP contribution >= 0.6 is 0 Å². The molecule has 4 nitrogen and oxygen atoms in total. The van der Waals surface area contributed by atoms with Crippen LogP contribution in [0.1, 0.15) is 22.5 Å². The van der Waals surface area contributed by atoms with Crippen LogP contribution in [0.15, 0.2) is 72.8 Å². The standard InChI is InChI=1S/C24H23N3O/c1-17-8-7-11-20(14-17)25-24(28)16-27-22-13-6-5-12-21(22)26-23(27)15-19-10-4-3-9-18(19)2/h3-14H,15-16H2,1-2H3,(H,25,28). The number of fused-ring (bicyclic) bond motifs is 1. The van der Waals surface area contributed by atoms with E-state index in [1.54, 1.807) is 0 Å². The maximum Gasteiger partial charge on any atom is 0.244 e. The summed E-state index contributed by atoms with van der Waals surface area (Å²) in [5.41, 5.74) is 6.27. The fourth-order valence-corrected chi connectivity index (χ4v) is 3.48. The molecule has 0 aliphatic heterocycles. The Balaban J connectivity index is 1.65. The molecule has 0 radical (unpaired) electrons. The van der Waals surface area contributed by atoms with Gasteiger partial charge in [-0.3, -0.25) is 4.79 Å². The first kappa shape index (κ1) is 18.0. The average molecular weight is 369 g/mol. The van der Waals surface area contributed by atoms with Crippen molar-refractivity contribution in [1.29, 1.82) is 0 Å². The third kappa shape index (κ3) is 3.81. The van der Waals surface area contributed by atoms with Crippen LogP contribution < -0.4 is 5.32 Å². The minimum atomic E-state index is -0.0558. The second kappa shape index (κ2) is 7.69. The number of hydrogen-bond acceptors (Lipinski definition) is 2. The van der Waals surface area contributed by atoms with Gasteiger partial charge in [0.2, 0.25) is 5.91 Å². The van der Waals surface area contributed by atoms with E-state index in [2.05, 4.69) is 24.4 Å². The monoisotopic (exact) mass is 369 g/mol. The predicted octanol–water partition coefficient (Wildman–Crippen LogP) is 4.88. The van der Waals surface area contributed by atoms with Crippen molar-refractivity contribution in [2.45, 2.75) is 26.8 Å². The molecule has 0 saturated carbocycles. The number of benzene rings is 3. The summed E-state index contributed by atoms with van der Waals surface area (Å²) in [6.45, 7) is 4.35. The summed E-state index contributed by atoms with van der Waals surface area (Å²) in [4.78, 5) is 17.6. The molecule has 4 rings (SSSR count). The Labute approximate surface area is 164 Å². The van der Waals surface area contributed by atoms with Gasteiger partial charge in [0.05, 0.1) is 11.0 Å². The van der Waals surface area contributed by atoms with E-state index < -0.39 is 0 Å². The molecule has 4 heteroatoms. The summed E-state index contributed by atoms with van der Waals surface area (Å²) in [5.74, 6) is 0.842. The van der Waals surface area contributed by atoms with Gasteiger partial charge >= 0.3 is 0 Å². The summed E-state index contributed by atoms with van der Waals surface area (Å²) in [7, 11) is 0. The van der Waals surface area contributed by atoms with Crippen LogP contribution in [0.3, 0.4) is 0 Å². The van der Waals surface area contributed by atoms with Crippen molar-refractivity contribution < 1.29 is 4.79 Å². The second-order valence-electron chi connectivity index (χ2n) is 7.12. The van der Waals surface area contributed by atoms with Crippen molar-refractivity contribution in [2.24, 2.45) is 0 Å². The molecule has 0 saturated heterocycles. The molecule has 0 spiro atoms. The molecule has 4 aromatic rings. The molecule has 1 aromatic heterocycles. The molecule has 1 heterocycles. The minimum Gasteiger partial charge on any atom is -0.325 e. The van der Waals surface area contributed by atoms with Crippen LogP contribution in [-0.4, -0.2) is 15.5 Å². The van der Waals surface area contributed by atoms with Crippen LogP contribution in [0, 0.1) is 13.8 Å². The first-order valence-electron chi connectivity index (χ1n) is 9.45. The van der Waals surface area contributed by atoms with E-state index in [1.807, 2.05) is 72.2 Å². The lowest BCUT2D eigenvalue weighted by atomic mass is 10.1. The molecular weight excluding hydrogens is 346 g/mol. The van der Waals surface area contributed by atoms with Gasteiger partial charge in [-0.15, -0.1) is 0 Å². The molecule has 1 N–H and O–H groups in total. The molecule has 1 amide bonds. The van der Waals surface area contributed by atoms with E-state index in [0.717, 1.165) is 28.1 Å². The van der Waals surface area contributed by atoms with E-state index in [1.165, 1.54) is 11.1 Å². The topological polar surface area (TPSA) is 46.9 Å². The molecule has 0 unspecified atom stereocenters. The van der Waals surface area contributed by atoms with Crippen LogP contribution in [0.4, 0.5) is 5.69 Å². The van der Waals surface area contributed by atoms with Crippen molar-refractivity contribution in [3.8, 4) is 0 Å². The highest BCUT2D eigenvalue weighted by Gasteiger charge is 2.15. The summed E-state index contributed by atoms with van der Waals surface area (Å²) in [6.07, 6.45) is 0.694. The number of rotatable bonds is 5. The van der Waals surface area contributed by atoms with Gasteiger partial charge in [-0.2, -0.15) is 0 Å². The van der Waals surface area contributed by atoms with Gasteiger partial charge in [-0.25, -0.2) is 4.98 Å². The van der Waals surface area contributed by atoms with E-state index in [4.69, 9.17) is 4.98 Å². The van der Waals surface area contributed by atoms with Crippen molar-refractivity contribution in [3.63, 3.8) is 0 Å². The predicted molar refractivity (Wildman–Crippen MR) is 114 cm³/mol. The Bertz CT molecular complexity index is 1140. The molecule has 0 aliphatic carbocycles. The molecular formula is C24H23N3O. The number of carbonyl (C=O) groups is 1. The van der Waals surface area contributed by atoms with Gasteiger partial charge in [0.1, 0.15) is 12.4 Å². The zero-order valence-electron chi connectivity index (χ0n) is 16.1. The number of para-hydroxylation sites is 2. The maximum absolute atomic E-state index is 12.7. The maximum atomic E-state index is 12.7. The quantitative estimate of drug-likeness (QED) is 0.545. The lowest BCUT2D eigenvalue weighted by Crippen LogP contribution is -2.20. The van der Waals surface area contributed by atoms with Crippen molar-refractivity contribution >= 4 is 22.6 Å². The molecule has 0 atom stereocenters. The summed E-state index contributed by atoms with van der Waals surface area (Å²) >= 11 is 0. The van der Waals surface area contributed by atoms with E-state index in [9.17, 15) is 4.79 Å². The molecule has 0 aliphatic rings. The normalized spacial score (nSPS) is 10.9. The smallest absolute Gasteiger partial charge is 0.244 e. The van der Waals surface area contributed by atoms with Crippen molar-refractivity contribution in [1.82, 2.24) is 9.55 Å². The first-order chi connectivity index (χ1) is 13.6. The van der Waals surface area contributed by atoms with E-state index in [-0.39, 0.29) is 12.5 Å². The Hall–Kier alpha value is -3.40. The van der Waals surface area contributed by atoms with Gasteiger partial charge < -0.3 is 9.88 Å². The zero-order chi connectivity index (χ0) is 19.5. The highest BCUT2D eigenvalue weighted by Crippen LogP contribution is 2.20. The Kier molecular flexibility index (Phi) is 4.94. The number of carbonyl (C=O) groups excluding carboxylic acids is 1. The number of nitrogens with one attached hydrogen (secondary N) is 1. The van der Waals surface area contributed by atoms with Crippen molar-refractivity contribution in [3.05, 3.63) is 95.3 Å². The summed E-state index contributed by atoms with van der Waals surface area (Å²) in [6, 6.07) is 24.1. The largest absolute Gasteiger partial charge is 0.325 e. The fraction of sp³-hybridized carbons (Fsp3) is 0.167.